The molecule has 0 amide bonds. The molecule has 1 saturated heterocycles. The summed E-state index contributed by atoms with van der Waals surface area (Å²) in [6.07, 6.45) is 8.03. The van der Waals surface area contributed by atoms with Gasteiger partial charge < -0.3 is 15.7 Å². The van der Waals surface area contributed by atoms with Gasteiger partial charge in [0.15, 0.2) is 5.96 Å². The molecular formula is C16H30N4O. The summed E-state index contributed by atoms with van der Waals surface area (Å²) in [5, 5.41) is 17.3. The molecule has 5 heteroatoms. The first kappa shape index (κ1) is 15.1. The number of aliphatic imine (C=N–C) groups is 1. The molecule has 3 fully saturated rings. The summed E-state index contributed by atoms with van der Waals surface area (Å²) in [6, 6.07) is 1.36. The first-order valence-corrected chi connectivity index (χ1v) is 8.70. The quantitative estimate of drug-likeness (QED) is 0.525. The second-order valence-corrected chi connectivity index (χ2v) is 6.98. The molecule has 1 heterocycles. The molecule has 5 nitrogen and oxygen atoms in total. The van der Waals surface area contributed by atoms with E-state index in [2.05, 4.69) is 27.4 Å². The monoisotopic (exact) mass is 294 g/mol. The fraction of sp³-hybridized carbons (Fsp3) is 0.938. The van der Waals surface area contributed by atoms with Crippen molar-refractivity contribution >= 4 is 5.96 Å². The van der Waals surface area contributed by atoms with Crippen LogP contribution in [0.1, 0.15) is 51.9 Å². The summed E-state index contributed by atoms with van der Waals surface area (Å²) in [5.41, 5.74) is -0.557. The molecule has 0 aromatic heterocycles. The van der Waals surface area contributed by atoms with Crippen LogP contribution < -0.4 is 10.6 Å². The van der Waals surface area contributed by atoms with Crippen LogP contribution in [0.2, 0.25) is 0 Å². The van der Waals surface area contributed by atoms with Gasteiger partial charge in [-0.25, -0.2) is 0 Å². The highest BCUT2D eigenvalue weighted by atomic mass is 16.3. The van der Waals surface area contributed by atoms with Crippen molar-refractivity contribution in [3.05, 3.63) is 0 Å². The number of rotatable bonds is 5. The third kappa shape index (κ3) is 4.10. The molecule has 3 rings (SSSR count). The molecule has 0 bridgehead atoms. The summed E-state index contributed by atoms with van der Waals surface area (Å²) in [7, 11) is 0. The molecular weight excluding hydrogens is 264 g/mol. The SMILES string of the molecule is CCNC(=NCC1(O)CCCC1)NC1CCN(C2CC2)C1. The van der Waals surface area contributed by atoms with Crippen molar-refractivity contribution in [2.45, 2.75) is 69.6 Å². The van der Waals surface area contributed by atoms with Gasteiger partial charge in [0.25, 0.3) is 0 Å². The minimum Gasteiger partial charge on any atom is -0.388 e. The van der Waals surface area contributed by atoms with Crippen molar-refractivity contribution in [2.75, 3.05) is 26.2 Å². The first-order valence-electron chi connectivity index (χ1n) is 8.70. The standard InChI is InChI=1S/C16H30N4O/c1-2-17-15(18-12-16(21)8-3-4-9-16)19-13-7-10-20(11-13)14-5-6-14/h13-14,21H,2-12H2,1H3,(H2,17,18,19). The van der Waals surface area contributed by atoms with E-state index < -0.39 is 5.60 Å². The third-order valence-corrected chi connectivity index (χ3v) is 5.03. The second kappa shape index (κ2) is 6.53. The van der Waals surface area contributed by atoms with Crippen LogP contribution in [0.3, 0.4) is 0 Å². The molecule has 0 radical (unpaired) electrons. The zero-order chi connectivity index (χ0) is 14.7. The Hall–Kier alpha value is -0.810. The van der Waals surface area contributed by atoms with Crippen molar-refractivity contribution in [2.24, 2.45) is 4.99 Å². The highest BCUT2D eigenvalue weighted by molar-refractivity contribution is 5.80. The van der Waals surface area contributed by atoms with Gasteiger partial charge in [-0.1, -0.05) is 12.8 Å². The van der Waals surface area contributed by atoms with Crippen molar-refractivity contribution in [1.29, 1.82) is 0 Å². The summed E-state index contributed by atoms with van der Waals surface area (Å²) in [6.45, 7) is 5.84. The minimum atomic E-state index is -0.557. The molecule has 2 saturated carbocycles. The van der Waals surface area contributed by atoms with Gasteiger partial charge >= 0.3 is 0 Å². The third-order valence-electron chi connectivity index (χ3n) is 5.03. The van der Waals surface area contributed by atoms with Crippen molar-refractivity contribution < 1.29 is 5.11 Å². The highest BCUT2D eigenvalue weighted by Gasteiger charge is 2.35. The molecule has 1 atom stereocenters. The Balaban J connectivity index is 1.51. The zero-order valence-corrected chi connectivity index (χ0v) is 13.3. The van der Waals surface area contributed by atoms with Gasteiger partial charge in [0.1, 0.15) is 0 Å². The van der Waals surface area contributed by atoms with Gasteiger partial charge in [0.2, 0.25) is 0 Å². The fourth-order valence-electron chi connectivity index (χ4n) is 3.61. The van der Waals surface area contributed by atoms with Crippen LogP contribution in [0.5, 0.6) is 0 Å². The average Bonchev–Trinajstić information content (AvgIpc) is 3.07. The number of nitrogens with one attached hydrogen (secondary N) is 2. The zero-order valence-electron chi connectivity index (χ0n) is 13.3. The maximum Gasteiger partial charge on any atom is 0.191 e. The molecule has 1 aliphatic heterocycles. The van der Waals surface area contributed by atoms with Crippen LogP contribution in [0.4, 0.5) is 0 Å². The van der Waals surface area contributed by atoms with Crippen molar-refractivity contribution in [3.8, 4) is 0 Å². The van der Waals surface area contributed by atoms with Crippen LogP contribution in [-0.2, 0) is 0 Å². The molecule has 21 heavy (non-hydrogen) atoms. The molecule has 3 N–H and O–H groups in total. The van der Waals surface area contributed by atoms with E-state index in [-0.39, 0.29) is 0 Å². The van der Waals surface area contributed by atoms with E-state index in [4.69, 9.17) is 0 Å². The van der Waals surface area contributed by atoms with Gasteiger partial charge in [-0.2, -0.15) is 0 Å². The summed E-state index contributed by atoms with van der Waals surface area (Å²) >= 11 is 0. The number of hydrogen-bond donors (Lipinski definition) is 3. The topological polar surface area (TPSA) is 59.9 Å². The minimum absolute atomic E-state index is 0.502. The van der Waals surface area contributed by atoms with Crippen LogP contribution in [-0.4, -0.2) is 59.8 Å². The van der Waals surface area contributed by atoms with E-state index in [0.29, 0.717) is 12.6 Å². The maximum atomic E-state index is 10.4. The predicted molar refractivity (Wildman–Crippen MR) is 85.5 cm³/mol. The van der Waals surface area contributed by atoms with Gasteiger partial charge in [-0.05, 0) is 39.0 Å². The average molecular weight is 294 g/mol. The van der Waals surface area contributed by atoms with Crippen LogP contribution in [0, 0.1) is 0 Å². The van der Waals surface area contributed by atoms with E-state index in [1.807, 2.05) is 0 Å². The predicted octanol–water partition coefficient (Wildman–Crippen LogP) is 1.08. The smallest absolute Gasteiger partial charge is 0.191 e. The highest BCUT2D eigenvalue weighted by Crippen LogP contribution is 2.30. The Labute approximate surface area is 128 Å². The van der Waals surface area contributed by atoms with E-state index in [1.54, 1.807) is 0 Å². The number of nitrogens with zero attached hydrogens (tertiary/aromatic N) is 2. The van der Waals surface area contributed by atoms with Crippen LogP contribution >= 0.6 is 0 Å². The lowest BCUT2D eigenvalue weighted by atomic mass is 10.0. The van der Waals surface area contributed by atoms with Crippen molar-refractivity contribution in [1.82, 2.24) is 15.5 Å². The van der Waals surface area contributed by atoms with E-state index in [9.17, 15) is 5.11 Å². The molecule has 0 spiro atoms. The van der Waals surface area contributed by atoms with E-state index in [1.165, 1.54) is 25.8 Å². The normalized spacial score (nSPS) is 29.8. The lowest BCUT2D eigenvalue weighted by Crippen LogP contribution is -2.45. The van der Waals surface area contributed by atoms with E-state index in [0.717, 1.165) is 50.8 Å². The van der Waals surface area contributed by atoms with Crippen molar-refractivity contribution in [3.63, 3.8) is 0 Å². The largest absolute Gasteiger partial charge is 0.388 e. The summed E-state index contributed by atoms with van der Waals surface area (Å²) < 4.78 is 0. The van der Waals surface area contributed by atoms with E-state index >= 15 is 0 Å². The number of guanidine groups is 1. The Morgan fingerprint density at radius 3 is 2.71 bits per heavy atom. The molecule has 1 unspecified atom stereocenters. The Bertz CT molecular complexity index is 374. The Morgan fingerprint density at radius 1 is 1.29 bits per heavy atom. The molecule has 2 aliphatic carbocycles. The summed E-state index contributed by atoms with van der Waals surface area (Å²) in [4.78, 5) is 7.25. The van der Waals surface area contributed by atoms with Crippen LogP contribution in [0.15, 0.2) is 4.99 Å². The lowest BCUT2D eigenvalue weighted by Gasteiger charge is -2.22. The maximum absolute atomic E-state index is 10.4. The summed E-state index contributed by atoms with van der Waals surface area (Å²) in [5.74, 6) is 0.875. The Morgan fingerprint density at radius 2 is 2.05 bits per heavy atom. The number of hydrogen-bond acceptors (Lipinski definition) is 3. The van der Waals surface area contributed by atoms with Gasteiger partial charge in [-0.15, -0.1) is 0 Å². The lowest BCUT2D eigenvalue weighted by molar-refractivity contribution is 0.0574. The van der Waals surface area contributed by atoms with Gasteiger partial charge in [0, 0.05) is 31.7 Å². The first-order chi connectivity index (χ1) is 10.2. The number of likely N-dealkylation sites (tertiary alicyclic amines) is 1. The molecule has 0 aromatic carbocycles. The van der Waals surface area contributed by atoms with Gasteiger partial charge in [-0.3, -0.25) is 9.89 Å². The Kier molecular flexibility index (Phi) is 4.69. The van der Waals surface area contributed by atoms with Gasteiger partial charge in [0.05, 0.1) is 12.1 Å². The molecule has 120 valence electrons. The molecule has 0 aromatic rings. The molecule has 3 aliphatic rings. The van der Waals surface area contributed by atoms with Crippen LogP contribution in [0.25, 0.3) is 0 Å². The fourth-order valence-corrected chi connectivity index (χ4v) is 3.61. The second-order valence-electron chi connectivity index (χ2n) is 6.98. The number of aliphatic hydroxyl groups is 1.